The molecular formula is C19H16N8O6. The van der Waals surface area contributed by atoms with Crippen LogP contribution in [0.2, 0.25) is 0 Å². The minimum atomic E-state index is -0.800. The number of rotatable bonds is 9. The van der Waals surface area contributed by atoms with E-state index in [-0.39, 0.29) is 29.3 Å². The fraction of sp³-hybridized carbons (Fsp3) is 0.0526. The third-order valence-electron chi connectivity index (χ3n) is 4.17. The summed E-state index contributed by atoms with van der Waals surface area (Å²) in [6.07, 6.45) is 1.02. The molecule has 168 valence electrons. The number of nitro benzene ring substituents is 1. The molecule has 0 aliphatic rings. The number of nitrogens with zero attached hydrogens (tertiary/aromatic N) is 4. The average molecular weight is 452 g/mol. The molecule has 0 aliphatic heterocycles. The highest BCUT2D eigenvalue weighted by molar-refractivity contribution is 5.95. The summed E-state index contributed by atoms with van der Waals surface area (Å²) in [4.78, 5) is 52.6. The lowest BCUT2D eigenvalue weighted by molar-refractivity contribution is -0.384. The summed E-state index contributed by atoms with van der Waals surface area (Å²) in [5, 5.41) is 22.2. The molecule has 0 radical (unpaired) electrons. The van der Waals surface area contributed by atoms with Gasteiger partial charge in [0, 0.05) is 17.7 Å². The van der Waals surface area contributed by atoms with Gasteiger partial charge in [-0.1, -0.05) is 30.3 Å². The summed E-state index contributed by atoms with van der Waals surface area (Å²) in [7, 11) is 0. The number of nitro groups is 2. The Morgan fingerprint density at radius 2 is 1.42 bits per heavy atom. The lowest BCUT2D eigenvalue weighted by atomic mass is 10.1. The second kappa shape index (κ2) is 10.3. The number of aromatic nitrogens is 2. The number of nitrogens with one attached hydrogen (secondary N) is 4. The maximum atomic E-state index is 12.2. The molecule has 0 fully saturated rings. The van der Waals surface area contributed by atoms with Crippen LogP contribution in [0.5, 0.6) is 0 Å². The predicted molar refractivity (Wildman–Crippen MR) is 115 cm³/mol. The molecule has 14 heteroatoms. The van der Waals surface area contributed by atoms with E-state index in [4.69, 9.17) is 0 Å². The van der Waals surface area contributed by atoms with Gasteiger partial charge < -0.3 is 0 Å². The van der Waals surface area contributed by atoms with Crippen molar-refractivity contribution in [2.24, 2.45) is 0 Å². The highest BCUT2D eigenvalue weighted by Gasteiger charge is 2.24. The molecule has 4 N–H and O–H groups in total. The van der Waals surface area contributed by atoms with E-state index in [1.807, 2.05) is 0 Å². The summed E-state index contributed by atoms with van der Waals surface area (Å²) in [6, 6.07) is 13.6. The van der Waals surface area contributed by atoms with Crippen molar-refractivity contribution in [2.45, 2.75) is 6.42 Å². The van der Waals surface area contributed by atoms with Crippen molar-refractivity contribution >= 4 is 34.8 Å². The van der Waals surface area contributed by atoms with Crippen LogP contribution in [-0.4, -0.2) is 31.6 Å². The summed E-state index contributed by atoms with van der Waals surface area (Å²) in [5.41, 5.74) is 9.21. The first kappa shape index (κ1) is 22.5. The average Bonchev–Trinajstić information content (AvgIpc) is 2.81. The smallest absolute Gasteiger partial charge is 0.276 e. The fourth-order valence-electron chi connectivity index (χ4n) is 2.61. The predicted octanol–water partition coefficient (Wildman–Crippen LogP) is 1.74. The molecule has 0 saturated carbocycles. The molecule has 0 saturated heterocycles. The molecule has 1 aromatic heterocycles. The molecule has 3 rings (SSSR count). The molecule has 3 aromatic rings. The second-order valence-electron chi connectivity index (χ2n) is 6.40. The van der Waals surface area contributed by atoms with E-state index in [9.17, 15) is 29.8 Å². The van der Waals surface area contributed by atoms with Gasteiger partial charge in [-0.15, -0.1) is 0 Å². The minimum Gasteiger partial charge on any atom is -0.276 e. The van der Waals surface area contributed by atoms with Gasteiger partial charge in [0.15, 0.2) is 0 Å². The molecule has 14 nitrogen and oxygen atoms in total. The van der Waals surface area contributed by atoms with E-state index in [0.29, 0.717) is 0 Å². The summed E-state index contributed by atoms with van der Waals surface area (Å²) < 4.78 is 0. The fourth-order valence-corrected chi connectivity index (χ4v) is 2.61. The van der Waals surface area contributed by atoms with E-state index in [0.717, 1.165) is 24.0 Å². The van der Waals surface area contributed by atoms with Crippen LogP contribution >= 0.6 is 0 Å². The first-order valence-corrected chi connectivity index (χ1v) is 9.24. The van der Waals surface area contributed by atoms with E-state index in [1.165, 1.54) is 12.1 Å². The number of hydrazine groups is 2. The van der Waals surface area contributed by atoms with Crippen LogP contribution in [0, 0.1) is 20.2 Å². The van der Waals surface area contributed by atoms with Crippen molar-refractivity contribution in [3.8, 4) is 0 Å². The Hall–Kier alpha value is -5.14. The first-order chi connectivity index (χ1) is 15.8. The van der Waals surface area contributed by atoms with Crippen LogP contribution in [0.4, 0.5) is 23.0 Å². The van der Waals surface area contributed by atoms with Gasteiger partial charge in [-0.25, -0.2) is 9.97 Å². The molecule has 0 aliphatic carbocycles. The molecule has 2 aromatic carbocycles. The molecule has 33 heavy (non-hydrogen) atoms. The van der Waals surface area contributed by atoms with Gasteiger partial charge in [0.1, 0.15) is 6.33 Å². The quantitative estimate of drug-likeness (QED) is 0.274. The SMILES string of the molecule is O=C(Cc1ccccc1)NNc1ncnc(NNC(=O)c2ccc([N+](=O)[O-])cc2)c1[N+](=O)[O-]. The van der Waals surface area contributed by atoms with Gasteiger partial charge in [-0.3, -0.25) is 51.5 Å². The highest BCUT2D eigenvalue weighted by Crippen LogP contribution is 2.27. The molecular weight excluding hydrogens is 436 g/mol. The normalized spacial score (nSPS) is 10.1. The number of carbonyl (C=O) groups is 2. The molecule has 0 unspecified atom stereocenters. The van der Waals surface area contributed by atoms with Crippen molar-refractivity contribution < 1.29 is 19.4 Å². The van der Waals surface area contributed by atoms with Gasteiger partial charge in [-0.2, -0.15) is 0 Å². The Kier molecular flexibility index (Phi) is 7.00. The third kappa shape index (κ3) is 5.94. The summed E-state index contributed by atoms with van der Waals surface area (Å²) >= 11 is 0. The van der Waals surface area contributed by atoms with Crippen molar-refractivity contribution in [2.75, 3.05) is 10.9 Å². The van der Waals surface area contributed by atoms with Gasteiger partial charge in [0.25, 0.3) is 11.6 Å². The molecule has 0 atom stereocenters. The van der Waals surface area contributed by atoms with Gasteiger partial charge in [0.2, 0.25) is 17.5 Å². The maximum absolute atomic E-state index is 12.2. The van der Waals surface area contributed by atoms with Crippen molar-refractivity contribution in [3.05, 3.63) is 92.3 Å². The first-order valence-electron chi connectivity index (χ1n) is 9.24. The minimum absolute atomic E-state index is 0.0309. The lowest BCUT2D eigenvalue weighted by Crippen LogP contribution is -2.32. The standard InChI is InChI=1S/C19H16N8O6/c28-15(10-12-4-2-1-3-5-12)22-23-17-16(27(32)33)18(21-11-20-17)24-25-19(29)13-6-8-14(9-7-13)26(30)31/h1-9,11H,10H2,(H,22,28)(H,25,29)(H2,20,21,23,24). The molecule has 0 bridgehead atoms. The largest absolute Gasteiger partial charge is 0.356 e. The van der Waals surface area contributed by atoms with Crippen molar-refractivity contribution in [1.29, 1.82) is 0 Å². The van der Waals surface area contributed by atoms with Crippen LogP contribution in [0.25, 0.3) is 0 Å². The number of benzene rings is 2. The van der Waals surface area contributed by atoms with E-state index in [1.54, 1.807) is 30.3 Å². The van der Waals surface area contributed by atoms with E-state index in [2.05, 4.69) is 31.7 Å². The third-order valence-corrected chi connectivity index (χ3v) is 4.17. The number of non-ortho nitro benzene ring substituents is 1. The highest BCUT2D eigenvalue weighted by atomic mass is 16.6. The zero-order valence-electron chi connectivity index (χ0n) is 16.7. The lowest BCUT2D eigenvalue weighted by Gasteiger charge is -2.11. The monoisotopic (exact) mass is 452 g/mol. The van der Waals surface area contributed by atoms with E-state index >= 15 is 0 Å². The van der Waals surface area contributed by atoms with Crippen LogP contribution in [0.3, 0.4) is 0 Å². The summed E-state index contributed by atoms with van der Waals surface area (Å²) in [5.74, 6) is -1.85. The number of anilines is 2. The molecule has 0 spiro atoms. The second-order valence-corrected chi connectivity index (χ2v) is 6.40. The Bertz CT molecular complexity index is 1190. The number of hydrogen-bond acceptors (Lipinski definition) is 10. The van der Waals surface area contributed by atoms with Crippen molar-refractivity contribution in [3.63, 3.8) is 0 Å². The van der Waals surface area contributed by atoms with Crippen LogP contribution in [0.15, 0.2) is 60.9 Å². The molecule has 2 amide bonds. The Labute approximate surface area is 185 Å². The molecule has 1 heterocycles. The zero-order valence-corrected chi connectivity index (χ0v) is 16.7. The number of amides is 2. The topological polar surface area (TPSA) is 194 Å². The number of hydrogen-bond donors (Lipinski definition) is 4. The Morgan fingerprint density at radius 1 is 0.818 bits per heavy atom. The van der Waals surface area contributed by atoms with E-state index < -0.39 is 27.3 Å². The number of carbonyl (C=O) groups excluding carboxylic acids is 2. The van der Waals surface area contributed by atoms with Crippen LogP contribution < -0.4 is 21.7 Å². The van der Waals surface area contributed by atoms with Gasteiger partial charge in [-0.05, 0) is 17.7 Å². The zero-order chi connectivity index (χ0) is 23.8. The van der Waals surface area contributed by atoms with Gasteiger partial charge in [0.05, 0.1) is 16.3 Å². The van der Waals surface area contributed by atoms with Crippen LogP contribution in [0.1, 0.15) is 15.9 Å². The van der Waals surface area contributed by atoms with Gasteiger partial charge >= 0.3 is 5.69 Å². The Balaban J connectivity index is 1.67. The maximum Gasteiger partial charge on any atom is 0.356 e. The van der Waals surface area contributed by atoms with Crippen molar-refractivity contribution in [1.82, 2.24) is 20.8 Å². The Morgan fingerprint density at radius 3 is 2.00 bits per heavy atom. The van der Waals surface area contributed by atoms with Crippen LogP contribution in [-0.2, 0) is 11.2 Å². The summed E-state index contributed by atoms with van der Waals surface area (Å²) in [6.45, 7) is 0.